The molecule has 4 atom stereocenters. The largest absolute Gasteiger partial charge is 0.478 e. The van der Waals surface area contributed by atoms with Crippen LogP contribution in [0.25, 0.3) is 22.6 Å². The number of aromatic nitrogens is 12. The Morgan fingerprint density at radius 3 is 1.01 bits per heavy atom. The number of benzene rings is 6. The third kappa shape index (κ3) is 24.2. The van der Waals surface area contributed by atoms with Gasteiger partial charge in [-0.25, -0.2) is 84.3 Å². The molecule has 2 amide bonds. The Kier molecular flexibility index (Phi) is 31.7. The lowest BCUT2D eigenvalue weighted by Crippen LogP contribution is -2.26. The van der Waals surface area contributed by atoms with E-state index in [-0.39, 0.29) is 72.2 Å². The minimum Gasteiger partial charge on any atom is -0.478 e. The molecule has 37 heteroatoms. The number of nitrogens with zero attached hydrogens (tertiary/aromatic N) is 12. The van der Waals surface area contributed by atoms with E-state index in [0.29, 0.717) is 86.6 Å². The van der Waals surface area contributed by atoms with Crippen molar-refractivity contribution < 1.29 is 84.7 Å². The van der Waals surface area contributed by atoms with Crippen LogP contribution in [0.2, 0.25) is 0 Å². The molecule has 0 aliphatic heterocycles. The quantitative estimate of drug-likeness (QED) is 0.0143. The van der Waals surface area contributed by atoms with E-state index in [9.17, 15) is 61.0 Å². The highest BCUT2D eigenvalue weighted by molar-refractivity contribution is 9.08. The molecule has 6 aromatic carbocycles. The topological polar surface area (TPSA) is 410 Å². The molecule has 14 aromatic rings. The van der Waals surface area contributed by atoms with Crippen molar-refractivity contribution in [3.63, 3.8) is 0 Å². The van der Waals surface area contributed by atoms with E-state index >= 15 is 0 Å². The van der Waals surface area contributed by atoms with Gasteiger partial charge in [-0.15, -0.1) is 0 Å². The van der Waals surface area contributed by atoms with Gasteiger partial charge in [0.05, 0.1) is 84.0 Å². The van der Waals surface area contributed by atoms with E-state index in [1.165, 1.54) is 48.6 Å². The van der Waals surface area contributed by atoms with Crippen LogP contribution < -0.4 is 32.3 Å². The Morgan fingerprint density at radius 1 is 0.383 bits per heavy atom. The Labute approximate surface area is 818 Å². The number of aromatic carboxylic acids is 1. The summed E-state index contributed by atoms with van der Waals surface area (Å²) in [7, 11) is 2.67. The van der Waals surface area contributed by atoms with E-state index in [4.69, 9.17) is 24.7 Å². The van der Waals surface area contributed by atoms with Gasteiger partial charge >= 0.3 is 35.8 Å². The van der Waals surface area contributed by atoms with Crippen molar-refractivity contribution in [2.75, 3.05) is 14.2 Å². The fourth-order valence-electron chi connectivity index (χ4n) is 17.6. The van der Waals surface area contributed by atoms with Gasteiger partial charge in [-0.3, -0.25) is 9.59 Å². The van der Waals surface area contributed by atoms with E-state index in [1.807, 2.05) is 132 Å². The zero-order valence-corrected chi connectivity index (χ0v) is 82.4. The van der Waals surface area contributed by atoms with Crippen molar-refractivity contribution in [3.8, 4) is 0 Å². The number of ether oxygens (including phenoxy) is 5. The molecular formula is C104H111BrF4N18O14. The van der Waals surface area contributed by atoms with Crippen LogP contribution in [0.3, 0.4) is 0 Å². The normalized spacial score (nSPS) is 15.0. The molecule has 0 unspecified atom stereocenters. The maximum Gasteiger partial charge on any atom is 0.356 e. The second-order valence-electron chi connectivity index (χ2n) is 37.5. The number of nitrogens with two attached hydrogens (primary N) is 1. The Balaban J connectivity index is 0.000000146. The molecule has 8 heterocycles. The predicted molar refractivity (Wildman–Crippen MR) is 518 cm³/mol. The number of nitrogens with one attached hydrogen (secondary N) is 5. The van der Waals surface area contributed by atoms with Gasteiger partial charge in [0.15, 0.2) is 57.2 Å². The average Bonchev–Trinajstić information content (AvgIpc) is 1.62. The van der Waals surface area contributed by atoms with Crippen molar-refractivity contribution in [1.82, 2.24) is 85.0 Å². The zero-order valence-electron chi connectivity index (χ0n) is 80.8. The number of hydrogen-bond donors (Lipinski definition) is 7. The first-order valence-electron chi connectivity index (χ1n) is 45.9. The number of carbonyl (C=O) groups excluding carboxylic acids is 7. The summed E-state index contributed by atoms with van der Waals surface area (Å²) in [6.45, 7) is 25.9. The van der Waals surface area contributed by atoms with Crippen molar-refractivity contribution in [1.29, 1.82) is 0 Å². The van der Waals surface area contributed by atoms with Gasteiger partial charge in [-0.2, -0.15) is 20.4 Å². The number of carboxylic acids is 1. The second-order valence-corrected chi connectivity index (χ2v) is 38.1. The van der Waals surface area contributed by atoms with Crippen LogP contribution in [0.15, 0.2) is 158 Å². The molecular weight excluding hydrogens is 1880 g/mol. The monoisotopic (exact) mass is 1990 g/mol. The molecule has 4 aliphatic rings. The van der Waals surface area contributed by atoms with Crippen LogP contribution in [0, 0.1) is 51.0 Å². The van der Waals surface area contributed by atoms with E-state index in [0.717, 1.165) is 143 Å². The van der Waals surface area contributed by atoms with Gasteiger partial charge in [-0.05, 0) is 292 Å². The summed E-state index contributed by atoms with van der Waals surface area (Å²) in [6, 6.07) is 35.9. The first-order chi connectivity index (χ1) is 67.0. The summed E-state index contributed by atoms with van der Waals surface area (Å²) in [5.41, 5.74) is 26.8. The summed E-state index contributed by atoms with van der Waals surface area (Å²) in [5.74, 6) is -7.43. The molecule has 0 spiro atoms. The Hall–Kier alpha value is -14.4. The van der Waals surface area contributed by atoms with E-state index in [1.54, 1.807) is 97.4 Å². The first-order valence-corrected chi connectivity index (χ1v) is 47.1. The van der Waals surface area contributed by atoms with Gasteiger partial charge in [0.25, 0.3) is 11.8 Å². The predicted octanol–water partition coefficient (Wildman–Crippen LogP) is 16.6. The van der Waals surface area contributed by atoms with Crippen LogP contribution in [0.4, 0.5) is 17.6 Å². The second kappa shape index (κ2) is 43.6. The molecule has 32 nitrogen and oxygen atoms in total. The summed E-state index contributed by atoms with van der Waals surface area (Å²) >= 11 is 3.33. The molecule has 4 aliphatic carbocycles. The van der Waals surface area contributed by atoms with Gasteiger partial charge in [0.2, 0.25) is 0 Å². The molecule has 736 valence electrons. The highest BCUT2D eigenvalue weighted by Gasteiger charge is 2.34. The third-order valence-electron chi connectivity index (χ3n) is 24.5. The van der Waals surface area contributed by atoms with Crippen LogP contribution >= 0.6 is 15.9 Å². The fourth-order valence-corrected chi connectivity index (χ4v) is 18.0. The van der Waals surface area contributed by atoms with Gasteiger partial charge in [0, 0.05) is 86.5 Å². The number of halogens is 5. The molecule has 0 radical (unpaired) electrons. The van der Waals surface area contributed by atoms with Crippen molar-refractivity contribution in [2.24, 2.45) is 5.73 Å². The number of fused-ring (bicyclic) bond motifs is 8. The average molecular weight is 1990 g/mol. The maximum atomic E-state index is 13.5. The Bertz CT molecular complexity index is 7160. The van der Waals surface area contributed by atoms with Crippen LogP contribution in [0.5, 0.6) is 0 Å². The number of amides is 2. The van der Waals surface area contributed by atoms with Gasteiger partial charge < -0.3 is 61.1 Å². The standard InChI is InChI=1S/C30H31F2N5O3.C26H23F2N5O3.C24H28N4O4.C15H21NO2.C9H8BrN3O2/c1-17-20-8-10-25(22(20)7-6-21(17)29(39)40-30(2,3)4)33-16-19-14-26(36-27-11-12-35-37(19)27)28(38)34-15-18-5-9-23(31)24(32)13-18;1-14-17-5-7-22(19(17)4-3-18(14)26(35)36)29-13-16-11-23(32-24-8-9-31-33(16)24)25(34)30-12-15-2-6-20(27)21(28)10-15;1-14-16-8-9-19(18(16)7-6-17(14)22(29)32-24(2,3)4)25-13-15-12-20(23(30)31-5)27-21-10-11-26-28(15)21;1-9-10-7-8-13(16)12(10)6-5-11(9)14(17)18-15(2,3)4;1-15-9(14)7-4-6(5-10)13-8(12-7)2-3-11-13/h5-7,9,11-14,25,33H,8,10,15-16H2,1-4H3,(H,34,38);2-4,6,8-11,22,29H,5,7,12-13H2,1H3,(H,30,34)(H,35,36);6-7,10-12,19,25H,8-9,13H2,1-5H3;5-6,13H,7-8,16H2,1-4H3;2-4H,5H2,1H3/t25-;22-;19-;13-;/m0000./s1. The smallest absolute Gasteiger partial charge is 0.356 e. The molecule has 0 fully saturated rings. The number of methoxy groups -OCH3 is 2. The summed E-state index contributed by atoms with van der Waals surface area (Å²) in [4.78, 5) is 115. The minimum absolute atomic E-state index is 0.0201. The highest BCUT2D eigenvalue weighted by Crippen LogP contribution is 2.40. The molecule has 0 saturated carbocycles. The van der Waals surface area contributed by atoms with Crippen LogP contribution in [-0.2, 0) is 87.4 Å². The van der Waals surface area contributed by atoms with Crippen LogP contribution in [-0.4, -0.2) is 142 Å². The number of carbonyl (C=O) groups is 8. The first kappa shape index (κ1) is 102. The lowest BCUT2D eigenvalue weighted by atomic mass is 9.97. The maximum absolute atomic E-state index is 13.5. The molecule has 8 aromatic heterocycles. The number of rotatable bonds is 22. The van der Waals surface area contributed by atoms with Crippen molar-refractivity contribution in [3.05, 3.63) is 327 Å². The Morgan fingerprint density at radius 2 is 0.681 bits per heavy atom. The molecule has 0 bridgehead atoms. The lowest BCUT2D eigenvalue weighted by Gasteiger charge is -2.21. The molecule has 18 rings (SSSR count). The summed E-state index contributed by atoms with van der Waals surface area (Å²) in [6.07, 6.45) is 13.5. The van der Waals surface area contributed by atoms with Crippen molar-refractivity contribution >= 4 is 86.1 Å². The number of hydrogen-bond acceptors (Lipinski definition) is 25. The summed E-state index contributed by atoms with van der Waals surface area (Å²) in [5, 5.41) is 43.1. The SMILES string of the molecule is COC(=O)c1cc(CBr)n2nccc2n1.COC(=O)c1cc(CN[C@H]2CCc3c2ccc(C(=O)OC(C)(C)C)c3C)n2nccc2n1.Cc1c(C(=O)O)ccc2c1CC[C@@H]2NCc1cc(C(=O)NCc2ccc(F)c(F)c2)nc2ccnn12.Cc1c(C(=O)OC(C)(C)C)ccc2c1CC[C@@H]2N.Cc1c(C(=O)OC(C)(C)C)ccc2c1CC[C@@H]2NCc1cc(C(=O)NCc2ccc(F)c(F)c2)nc2ccnn12. The lowest BCUT2D eigenvalue weighted by molar-refractivity contribution is 0.00559. The molecule has 141 heavy (non-hydrogen) atoms. The zero-order chi connectivity index (χ0) is 101. The fraction of sp³-hybridized carbons (Fsp3) is 0.346. The van der Waals surface area contributed by atoms with Gasteiger partial charge in [0.1, 0.15) is 28.2 Å². The molecule has 8 N–H and O–H groups in total. The summed E-state index contributed by atoms with van der Waals surface area (Å²) < 4.78 is 86.0. The number of carboxylic acid groups (broad SMARTS) is 1. The third-order valence-corrected chi connectivity index (χ3v) is 25.1. The van der Waals surface area contributed by atoms with E-state index in [2.05, 4.69) is 87.6 Å². The molecule has 0 saturated heterocycles. The van der Waals surface area contributed by atoms with Gasteiger partial charge in [-0.1, -0.05) is 52.3 Å². The van der Waals surface area contributed by atoms with Crippen LogP contribution in [0.1, 0.15) is 296 Å². The highest BCUT2D eigenvalue weighted by atomic mass is 79.9. The van der Waals surface area contributed by atoms with Crippen molar-refractivity contribution in [2.45, 2.75) is 220 Å². The number of esters is 5. The van der Waals surface area contributed by atoms with E-state index < -0.39 is 69.8 Å². The minimum atomic E-state index is -0.975. The number of alkyl halides is 1.